The molecule has 7 heteroatoms. The number of rotatable bonds is 3. The molecule has 0 bridgehead atoms. The van der Waals surface area contributed by atoms with E-state index in [4.69, 9.17) is 4.99 Å². The lowest BCUT2D eigenvalue weighted by molar-refractivity contribution is -0.141. The van der Waals surface area contributed by atoms with Crippen LogP contribution in [0.25, 0.3) is 0 Å². The number of nitrogens with zero attached hydrogens (tertiary/aromatic N) is 2. The molecule has 5 nitrogen and oxygen atoms in total. The molecule has 2 aliphatic rings. The van der Waals surface area contributed by atoms with Crippen molar-refractivity contribution in [1.29, 1.82) is 0 Å². The Balaban J connectivity index is 1.79. The number of aliphatic carboxylic acids is 1. The molecule has 3 atom stereocenters. The fourth-order valence-corrected chi connectivity index (χ4v) is 5.50. The molecule has 0 amide bonds. The Morgan fingerprint density at radius 2 is 2.18 bits per heavy atom. The second-order valence-electron chi connectivity index (χ2n) is 5.58. The molecule has 118 valence electrons. The molecule has 0 aromatic heterocycles. The summed E-state index contributed by atoms with van der Waals surface area (Å²) in [5, 5.41) is 20.2. The molecule has 1 unspecified atom stereocenters. The highest BCUT2D eigenvalue weighted by Gasteiger charge is 2.41. The van der Waals surface area contributed by atoms with Gasteiger partial charge in [0.1, 0.15) is 16.8 Å². The summed E-state index contributed by atoms with van der Waals surface area (Å²) in [5.41, 5.74) is 1.77. The molecule has 22 heavy (non-hydrogen) atoms. The van der Waals surface area contributed by atoms with Crippen molar-refractivity contribution in [2.75, 3.05) is 18.6 Å². The van der Waals surface area contributed by atoms with Crippen molar-refractivity contribution in [3.63, 3.8) is 0 Å². The van der Waals surface area contributed by atoms with Crippen LogP contribution in [-0.4, -0.2) is 62.1 Å². The predicted molar refractivity (Wildman–Crippen MR) is 91.1 cm³/mol. The van der Waals surface area contributed by atoms with Crippen molar-refractivity contribution < 1.29 is 15.0 Å². The summed E-state index contributed by atoms with van der Waals surface area (Å²) in [7, 11) is 1.85. The minimum Gasteiger partial charge on any atom is -0.507 e. The zero-order chi connectivity index (χ0) is 15.9. The Kier molecular flexibility index (Phi) is 4.38. The summed E-state index contributed by atoms with van der Waals surface area (Å²) in [6.07, 6.45) is 0. The lowest BCUT2D eigenvalue weighted by Crippen LogP contribution is -2.42. The lowest BCUT2D eigenvalue weighted by atomic mass is 10.1. The summed E-state index contributed by atoms with van der Waals surface area (Å²) in [6, 6.07) is 5.21. The molecule has 0 aliphatic carbocycles. The third kappa shape index (κ3) is 2.85. The average Bonchev–Trinajstić information content (AvgIpc) is 3.05. The highest BCUT2D eigenvalue weighted by molar-refractivity contribution is 8.14. The van der Waals surface area contributed by atoms with Crippen LogP contribution in [0.2, 0.25) is 0 Å². The van der Waals surface area contributed by atoms with Gasteiger partial charge in [0.15, 0.2) is 0 Å². The second-order valence-corrected chi connectivity index (χ2v) is 7.73. The lowest BCUT2D eigenvalue weighted by Gasteiger charge is -2.24. The minimum absolute atomic E-state index is 0.0556. The molecule has 2 N–H and O–H groups in total. The van der Waals surface area contributed by atoms with Gasteiger partial charge < -0.3 is 10.2 Å². The molecular formula is C15H18N2O3S2. The van der Waals surface area contributed by atoms with E-state index in [0.29, 0.717) is 5.75 Å². The highest BCUT2D eigenvalue weighted by atomic mass is 32.2. The van der Waals surface area contributed by atoms with E-state index in [0.717, 1.165) is 21.9 Å². The van der Waals surface area contributed by atoms with Crippen molar-refractivity contribution in [2.45, 2.75) is 24.4 Å². The van der Waals surface area contributed by atoms with Gasteiger partial charge in [0, 0.05) is 17.1 Å². The predicted octanol–water partition coefficient (Wildman–Crippen LogP) is 2.02. The van der Waals surface area contributed by atoms with Gasteiger partial charge in [0.2, 0.25) is 0 Å². The van der Waals surface area contributed by atoms with Crippen molar-refractivity contribution in [2.24, 2.45) is 4.99 Å². The van der Waals surface area contributed by atoms with Crippen LogP contribution in [0.4, 0.5) is 0 Å². The van der Waals surface area contributed by atoms with Crippen LogP contribution < -0.4 is 0 Å². The van der Waals surface area contributed by atoms with E-state index in [1.807, 2.05) is 31.0 Å². The SMILES string of the molecule is Cc1ccc(C2=N[C@H](C3SC[C@H](C(=O)O)N3C)CS2)c(O)c1. The molecule has 0 saturated carbocycles. The molecule has 3 rings (SSSR count). The molecule has 0 radical (unpaired) electrons. The van der Waals surface area contributed by atoms with Gasteiger partial charge in [0.05, 0.1) is 11.4 Å². The normalized spacial score (nSPS) is 28.8. The van der Waals surface area contributed by atoms with Crippen molar-refractivity contribution in [3.8, 4) is 5.75 Å². The van der Waals surface area contributed by atoms with Gasteiger partial charge in [-0.3, -0.25) is 14.7 Å². The number of hydrogen-bond acceptors (Lipinski definition) is 6. The van der Waals surface area contributed by atoms with Crippen LogP contribution in [-0.2, 0) is 4.79 Å². The first kappa shape index (κ1) is 15.7. The summed E-state index contributed by atoms with van der Waals surface area (Å²) in [4.78, 5) is 17.8. The maximum Gasteiger partial charge on any atom is 0.321 e. The molecule has 0 spiro atoms. The molecule has 1 aromatic rings. The summed E-state index contributed by atoms with van der Waals surface area (Å²) in [6.45, 7) is 1.94. The van der Waals surface area contributed by atoms with E-state index in [9.17, 15) is 15.0 Å². The van der Waals surface area contributed by atoms with Crippen LogP contribution >= 0.6 is 23.5 Å². The molecule has 2 aliphatic heterocycles. The summed E-state index contributed by atoms with van der Waals surface area (Å²) in [5.74, 6) is 0.890. The smallest absolute Gasteiger partial charge is 0.321 e. The first-order chi connectivity index (χ1) is 10.5. The Bertz CT molecular complexity index is 635. The molecular weight excluding hydrogens is 320 g/mol. The standard InChI is InChI=1S/C15H18N2O3S2/c1-8-3-4-9(12(18)5-8)13-16-10(6-21-13)14-17(2)11(7-22-14)15(19)20/h3-5,10-11,14,18H,6-7H2,1-2H3,(H,19,20)/t10-,11+,14?/m0/s1. The van der Waals surface area contributed by atoms with Crippen LogP contribution in [0.15, 0.2) is 23.2 Å². The number of carboxylic acids is 1. The van der Waals surface area contributed by atoms with E-state index in [2.05, 4.69) is 0 Å². The molecule has 1 fully saturated rings. The minimum atomic E-state index is -0.775. The topological polar surface area (TPSA) is 73.1 Å². The van der Waals surface area contributed by atoms with E-state index < -0.39 is 12.0 Å². The van der Waals surface area contributed by atoms with E-state index in [1.165, 1.54) is 0 Å². The number of thioether (sulfide) groups is 2. The van der Waals surface area contributed by atoms with Gasteiger partial charge in [-0.2, -0.15) is 0 Å². The number of aromatic hydroxyl groups is 1. The number of carboxylic acid groups (broad SMARTS) is 1. The van der Waals surface area contributed by atoms with E-state index in [-0.39, 0.29) is 17.2 Å². The average molecular weight is 338 g/mol. The quantitative estimate of drug-likeness (QED) is 0.878. The number of phenols is 1. The fraction of sp³-hybridized carbons (Fsp3) is 0.467. The Morgan fingerprint density at radius 1 is 1.41 bits per heavy atom. The van der Waals surface area contributed by atoms with Gasteiger partial charge in [0.25, 0.3) is 0 Å². The number of phenolic OH excluding ortho intramolecular Hbond substituents is 1. The number of aryl methyl sites for hydroxylation is 1. The zero-order valence-corrected chi connectivity index (χ0v) is 14.0. The number of hydrogen-bond donors (Lipinski definition) is 2. The fourth-order valence-electron chi connectivity index (χ4n) is 2.74. The second kappa shape index (κ2) is 6.14. The van der Waals surface area contributed by atoms with Crippen LogP contribution in [0, 0.1) is 6.92 Å². The molecule has 2 heterocycles. The van der Waals surface area contributed by atoms with Crippen molar-refractivity contribution in [1.82, 2.24) is 4.90 Å². The van der Waals surface area contributed by atoms with Gasteiger partial charge >= 0.3 is 5.97 Å². The van der Waals surface area contributed by atoms with Crippen LogP contribution in [0.1, 0.15) is 11.1 Å². The van der Waals surface area contributed by atoms with Crippen LogP contribution in [0.3, 0.4) is 0 Å². The first-order valence-electron chi connectivity index (χ1n) is 7.04. The zero-order valence-electron chi connectivity index (χ0n) is 12.4. The third-order valence-corrected chi connectivity index (χ3v) is 6.59. The van der Waals surface area contributed by atoms with Gasteiger partial charge in [-0.15, -0.1) is 23.5 Å². The Morgan fingerprint density at radius 3 is 2.82 bits per heavy atom. The van der Waals surface area contributed by atoms with E-state index in [1.54, 1.807) is 29.6 Å². The molecule has 1 saturated heterocycles. The number of carbonyl (C=O) groups is 1. The maximum absolute atomic E-state index is 11.2. The highest BCUT2D eigenvalue weighted by Crippen LogP contribution is 2.37. The Labute approximate surface area is 137 Å². The summed E-state index contributed by atoms with van der Waals surface area (Å²) >= 11 is 3.27. The number of benzene rings is 1. The van der Waals surface area contributed by atoms with Gasteiger partial charge in [-0.25, -0.2) is 0 Å². The van der Waals surface area contributed by atoms with Crippen molar-refractivity contribution >= 4 is 34.5 Å². The monoisotopic (exact) mass is 338 g/mol. The van der Waals surface area contributed by atoms with Gasteiger partial charge in [-0.1, -0.05) is 6.07 Å². The number of likely N-dealkylation sites (N-methyl/N-ethyl adjacent to an activating group) is 1. The molecule has 1 aromatic carbocycles. The Hall–Kier alpha value is -1.18. The number of aliphatic imine (C=N–C) groups is 1. The third-order valence-electron chi connectivity index (χ3n) is 3.99. The largest absolute Gasteiger partial charge is 0.507 e. The van der Waals surface area contributed by atoms with E-state index >= 15 is 0 Å². The maximum atomic E-state index is 11.2. The summed E-state index contributed by atoms with van der Waals surface area (Å²) < 4.78 is 0. The van der Waals surface area contributed by atoms with Crippen molar-refractivity contribution in [3.05, 3.63) is 29.3 Å². The van der Waals surface area contributed by atoms with Crippen LogP contribution in [0.5, 0.6) is 5.75 Å². The van der Waals surface area contributed by atoms with Gasteiger partial charge in [-0.05, 0) is 31.7 Å². The first-order valence-corrected chi connectivity index (χ1v) is 9.07.